The molecule has 0 aliphatic rings. The van der Waals surface area contributed by atoms with E-state index in [1.165, 1.54) is 0 Å². The number of hydrogen-bond acceptors (Lipinski definition) is 0. The van der Waals surface area contributed by atoms with Crippen molar-refractivity contribution in [1.82, 2.24) is 0 Å². The average molecular weight is 592 g/mol. The first-order valence-electron chi connectivity index (χ1n) is 0.756. The monoisotopic (exact) mass is 592 g/mol. The van der Waals surface area contributed by atoms with Crippen LogP contribution in [0.4, 0.5) is 0 Å². The van der Waals surface area contributed by atoms with Crippen LogP contribution in [-0.2, 0) is 1.60 Å². The van der Waals surface area contributed by atoms with Gasteiger partial charge in [0.1, 0.15) is 0 Å². The quantitative estimate of drug-likeness (QED) is 0.306. The maximum absolute atomic E-state index is 2.53. The molecule has 0 fully saturated rings. The number of hydrogen-bond donors (Lipinski definition) is 0. The molecule has 0 aromatic heterocycles. The molecule has 2 nitrogen and oxygen atoms in total. The van der Waals surface area contributed by atoms with Crippen molar-refractivity contribution < 1.29 is 12.5 Å². The van der Waals surface area contributed by atoms with Crippen molar-refractivity contribution in [3.05, 3.63) is 0 Å². The molecule has 0 unspecified atom stereocenters. The van der Waals surface area contributed by atoms with Gasteiger partial charge >= 0.3 is 78.4 Å². The summed E-state index contributed by atoms with van der Waals surface area (Å²) in [6.45, 7) is 0. The molecule has 0 saturated carbocycles. The summed E-state index contributed by atoms with van der Waals surface area (Å²) in [4.78, 5) is 0. The Hall–Kier alpha value is 3.55. The maximum atomic E-state index is 2.53. The predicted octanol–water partition coefficient (Wildman–Crippen LogP) is 1.89. The van der Waals surface area contributed by atoms with Crippen molar-refractivity contribution >= 4 is 76.8 Å². The minimum absolute atomic E-state index is 0. The van der Waals surface area contributed by atoms with E-state index in [1.807, 2.05) is 0 Å². The van der Waals surface area contributed by atoms with E-state index >= 15 is 0 Å². The third-order valence-corrected chi connectivity index (χ3v) is 0. The molecule has 0 spiro atoms. The summed E-state index contributed by atoms with van der Waals surface area (Å²) >= 11 is 10.1. The Morgan fingerprint density at radius 2 is 0.714 bits per heavy atom. The Morgan fingerprint density at radius 3 is 0.714 bits per heavy atom. The third-order valence-electron chi connectivity index (χ3n) is 0. The Labute approximate surface area is 86.6 Å². The Balaban J connectivity index is -0.0000000800. The number of rotatable bonds is 0. The Bertz CT molecular complexity index is 25.2. The molecule has 0 amide bonds. The molecule has 0 aromatic carbocycles. The second-order valence-corrected chi connectivity index (χ2v) is 79.5. The fraction of sp³-hybridized carbons (Fsp3) is 0. The zero-order valence-corrected chi connectivity index (χ0v) is 13.2. The molecule has 7 heteroatoms. The summed E-state index contributed by atoms with van der Waals surface area (Å²) in [6, 6.07) is 0. The van der Waals surface area contributed by atoms with Gasteiger partial charge < -0.3 is 11.0 Å². The van der Waals surface area contributed by atoms with Gasteiger partial charge in [0.25, 0.3) is 0 Å². The zero-order valence-electron chi connectivity index (χ0n) is 3.01. The van der Waals surface area contributed by atoms with E-state index in [0.717, 1.165) is 0 Å². The van der Waals surface area contributed by atoms with Crippen molar-refractivity contribution in [3.63, 3.8) is 0 Å². The van der Waals surface area contributed by atoms with E-state index in [-0.39, 0.29) is 11.0 Å². The van der Waals surface area contributed by atoms with Gasteiger partial charge in [0.15, 0.2) is 0 Å². The molecule has 0 saturated heterocycles. The number of halogens is 4. The van der Waals surface area contributed by atoms with E-state index in [4.69, 9.17) is 0 Å². The summed E-state index contributed by atoms with van der Waals surface area (Å²) in [7, 11) is 0. The van der Waals surface area contributed by atoms with Crippen LogP contribution in [0.2, 0.25) is 0 Å². The zero-order chi connectivity index (χ0) is 4.50. The van der Waals surface area contributed by atoms with Gasteiger partial charge in [0, 0.05) is 0 Å². The Kier molecular flexibility index (Phi) is 18.5. The van der Waals surface area contributed by atoms with E-state index in [1.54, 1.807) is 0 Å². The third kappa shape index (κ3) is 43.2. The van der Waals surface area contributed by atoms with Gasteiger partial charge in [-0.15, -0.1) is 0 Å². The van der Waals surface area contributed by atoms with Gasteiger partial charge in [0.05, 0.1) is 0 Å². The molecule has 0 heterocycles. The van der Waals surface area contributed by atoms with Crippen molar-refractivity contribution in [2.75, 3.05) is 0 Å². The van der Waals surface area contributed by atoms with Crippen LogP contribution in [0.25, 0.3) is 0 Å². The van der Waals surface area contributed by atoms with Crippen LogP contribution >= 0.6 is 76.8 Å². The van der Waals surface area contributed by atoms with Crippen LogP contribution in [0.5, 0.6) is 0 Å². The van der Waals surface area contributed by atoms with Gasteiger partial charge in [-0.05, 0) is 0 Å². The normalized spacial score (nSPS) is 8.57. The molecule has 0 aromatic rings. The molecule has 4 N–H and O–H groups in total. The fourth-order valence-corrected chi connectivity index (χ4v) is 0. The van der Waals surface area contributed by atoms with E-state index in [9.17, 15) is 0 Å². The van der Waals surface area contributed by atoms with Crippen molar-refractivity contribution in [2.24, 2.45) is 0 Å². The van der Waals surface area contributed by atoms with Crippen LogP contribution in [0, 0.1) is 0 Å². The van der Waals surface area contributed by atoms with Crippen LogP contribution in [-0.4, -0.2) is 11.0 Å². The average Bonchev–Trinajstić information content (AvgIpc) is 0.722. The molecular formula is H4I4O2Ti. The van der Waals surface area contributed by atoms with Crippen molar-refractivity contribution in [1.29, 1.82) is 0 Å². The summed E-state index contributed by atoms with van der Waals surface area (Å²) in [5.74, 6) is 0. The predicted molar refractivity (Wildman–Crippen MR) is 63.3 cm³/mol. The van der Waals surface area contributed by atoms with Crippen LogP contribution in [0.15, 0.2) is 0 Å². The molecular weight excluding hydrogens is 587 g/mol. The van der Waals surface area contributed by atoms with Crippen molar-refractivity contribution in [2.45, 2.75) is 0 Å². The van der Waals surface area contributed by atoms with Crippen molar-refractivity contribution in [3.8, 4) is 0 Å². The van der Waals surface area contributed by atoms with Gasteiger partial charge in [-0.1, -0.05) is 0 Å². The fourth-order valence-electron chi connectivity index (χ4n) is 0. The summed E-state index contributed by atoms with van der Waals surface area (Å²) in [5.41, 5.74) is 0. The molecule has 0 atom stereocenters. The first kappa shape index (κ1) is 16.9. The van der Waals surface area contributed by atoms with Crippen LogP contribution in [0.1, 0.15) is 0 Å². The SMILES string of the molecule is O.O.[I][Ti]([I])([I])[I]. The Morgan fingerprint density at radius 1 is 0.714 bits per heavy atom. The molecule has 0 bridgehead atoms. The molecule has 7 heavy (non-hydrogen) atoms. The second-order valence-electron chi connectivity index (χ2n) is 0.429. The molecule has 0 aliphatic carbocycles. The van der Waals surface area contributed by atoms with E-state index in [2.05, 4.69) is 76.8 Å². The molecule has 48 valence electrons. The summed E-state index contributed by atoms with van der Waals surface area (Å²) < 4.78 is -1.12. The summed E-state index contributed by atoms with van der Waals surface area (Å²) in [6.07, 6.45) is 0. The van der Waals surface area contributed by atoms with Crippen LogP contribution < -0.4 is 0 Å². The first-order valence-corrected chi connectivity index (χ1v) is 20.9. The standard InChI is InChI=1S/4HI.2H2O.Ti/h4*1H;2*1H2;/q;;;;;;+4/p-4. The van der Waals surface area contributed by atoms with Crippen LogP contribution in [0.3, 0.4) is 0 Å². The van der Waals surface area contributed by atoms with Gasteiger partial charge in [-0.2, -0.15) is 0 Å². The second kappa shape index (κ2) is 7.66. The van der Waals surface area contributed by atoms with Gasteiger partial charge in [-0.3, -0.25) is 0 Å². The molecule has 0 aliphatic heterocycles. The molecule has 0 rings (SSSR count). The first-order chi connectivity index (χ1) is 2.00. The summed E-state index contributed by atoms with van der Waals surface area (Å²) in [5, 5.41) is 0. The topological polar surface area (TPSA) is 63.0 Å². The van der Waals surface area contributed by atoms with E-state index in [0.29, 0.717) is 0 Å². The molecule has 0 radical (unpaired) electrons. The minimum atomic E-state index is -1.12. The van der Waals surface area contributed by atoms with Gasteiger partial charge in [0.2, 0.25) is 0 Å². The van der Waals surface area contributed by atoms with Gasteiger partial charge in [-0.25, -0.2) is 0 Å². The van der Waals surface area contributed by atoms with E-state index < -0.39 is 1.60 Å².